The lowest BCUT2D eigenvalue weighted by Crippen LogP contribution is -2.27. The molecule has 1 heterocycles. The number of fused-ring (bicyclic) bond motifs is 1. The van der Waals surface area contributed by atoms with Crippen LogP contribution in [-0.2, 0) is 4.79 Å². The molecule has 0 aromatic heterocycles. The van der Waals surface area contributed by atoms with Gasteiger partial charge in [0.25, 0.3) is 0 Å². The number of allylic oxidation sites excluding steroid dienone is 1. The van der Waals surface area contributed by atoms with Crippen LogP contribution in [0.3, 0.4) is 0 Å². The van der Waals surface area contributed by atoms with Crippen LogP contribution in [0.4, 0.5) is 15.8 Å². The summed E-state index contributed by atoms with van der Waals surface area (Å²) >= 11 is 0. The topological polar surface area (TPSA) is 59.6 Å². The van der Waals surface area contributed by atoms with Crippen molar-refractivity contribution < 1.29 is 18.7 Å². The Labute approximate surface area is 211 Å². The number of hydrogen-bond donors (Lipinski definition) is 2. The molecule has 2 atom stereocenters. The van der Waals surface area contributed by atoms with Crippen LogP contribution < -0.4 is 20.1 Å². The van der Waals surface area contributed by atoms with E-state index < -0.39 is 0 Å². The van der Waals surface area contributed by atoms with Gasteiger partial charge in [-0.25, -0.2) is 4.39 Å². The molecule has 0 saturated heterocycles. The van der Waals surface area contributed by atoms with E-state index in [0.29, 0.717) is 30.9 Å². The maximum Gasteiger partial charge on any atom is 0.163 e. The first-order valence-corrected chi connectivity index (χ1v) is 12.5. The highest BCUT2D eigenvalue weighted by atomic mass is 19.1. The van der Waals surface area contributed by atoms with Crippen LogP contribution in [0.2, 0.25) is 0 Å². The fourth-order valence-corrected chi connectivity index (χ4v) is 5.04. The number of hydrogen-bond acceptors (Lipinski definition) is 5. The van der Waals surface area contributed by atoms with E-state index in [9.17, 15) is 9.18 Å². The van der Waals surface area contributed by atoms with Crippen LogP contribution in [0, 0.1) is 5.82 Å². The second kappa shape index (κ2) is 10.1. The second-order valence-electron chi connectivity index (χ2n) is 9.53. The summed E-state index contributed by atoms with van der Waals surface area (Å²) in [4.78, 5) is 13.7. The van der Waals surface area contributed by atoms with E-state index in [1.807, 2.05) is 63.2 Å². The lowest BCUT2D eigenvalue weighted by molar-refractivity contribution is -0.116. The molecule has 0 amide bonds. The zero-order chi connectivity index (χ0) is 25.2. The maximum atomic E-state index is 13.7. The number of para-hydroxylation sites is 2. The molecule has 5 rings (SSSR count). The largest absolute Gasteiger partial charge is 0.490 e. The van der Waals surface area contributed by atoms with Crippen LogP contribution in [-0.4, -0.2) is 18.5 Å². The summed E-state index contributed by atoms with van der Waals surface area (Å²) in [6, 6.07) is 20.0. The van der Waals surface area contributed by atoms with Crippen molar-refractivity contribution >= 4 is 17.2 Å². The van der Waals surface area contributed by atoms with E-state index in [4.69, 9.17) is 9.47 Å². The van der Waals surface area contributed by atoms with E-state index in [0.717, 1.165) is 33.8 Å². The van der Waals surface area contributed by atoms with Gasteiger partial charge < -0.3 is 20.1 Å². The molecule has 3 aromatic carbocycles. The maximum absolute atomic E-state index is 13.7. The van der Waals surface area contributed by atoms with Crippen LogP contribution in [0.15, 0.2) is 78.0 Å². The van der Waals surface area contributed by atoms with Gasteiger partial charge in [0.05, 0.1) is 30.1 Å². The number of benzene rings is 3. The van der Waals surface area contributed by atoms with Gasteiger partial charge in [0, 0.05) is 17.7 Å². The summed E-state index contributed by atoms with van der Waals surface area (Å²) in [6.07, 6.45) is 1.04. The van der Waals surface area contributed by atoms with Crippen LogP contribution >= 0.6 is 0 Å². The van der Waals surface area contributed by atoms with Crippen molar-refractivity contribution in [1.82, 2.24) is 0 Å². The molecule has 0 fully saturated rings. The minimum absolute atomic E-state index is 0.0137. The van der Waals surface area contributed by atoms with Gasteiger partial charge in [-0.15, -0.1) is 0 Å². The molecule has 1 aliphatic heterocycles. The smallest absolute Gasteiger partial charge is 0.163 e. The Kier molecular flexibility index (Phi) is 6.68. The lowest BCUT2D eigenvalue weighted by atomic mass is 9.78. The number of Topliss-reactive ketones (excluding diaryl/α,β-unsaturated/α-hetero) is 1. The molecule has 0 saturated carbocycles. The Hall–Kier alpha value is -3.80. The quantitative estimate of drug-likeness (QED) is 0.393. The third-order valence-electron chi connectivity index (χ3n) is 6.61. The monoisotopic (exact) mass is 486 g/mol. The van der Waals surface area contributed by atoms with Gasteiger partial charge in [0.1, 0.15) is 5.82 Å². The fourth-order valence-electron chi connectivity index (χ4n) is 5.04. The molecule has 0 bridgehead atoms. The molecule has 2 unspecified atom stereocenters. The minimum atomic E-state index is -0.356. The summed E-state index contributed by atoms with van der Waals surface area (Å²) in [6.45, 7) is 6.41. The van der Waals surface area contributed by atoms with E-state index in [-0.39, 0.29) is 29.7 Å². The van der Waals surface area contributed by atoms with Gasteiger partial charge in [0.15, 0.2) is 17.3 Å². The first-order valence-electron chi connectivity index (χ1n) is 12.5. The highest BCUT2D eigenvalue weighted by molar-refractivity contribution is 6.01. The van der Waals surface area contributed by atoms with Gasteiger partial charge in [-0.2, -0.15) is 0 Å². The van der Waals surface area contributed by atoms with Crippen molar-refractivity contribution in [3.63, 3.8) is 0 Å². The predicted octanol–water partition coefficient (Wildman–Crippen LogP) is 6.99. The first kappa shape index (κ1) is 23.9. The van der Waals surface area contributed by atoms with E-state index in [1.54, 1.807) is 12.1 Å². The van der Waals surface area contributed by atoms with Crippen molar-refractivity contribution in [2.45, 2.75) is 51.7 Å². The van der Waals surface area contributed by atoms with Crippen molar-refractivity contribution in [2.75, 3.05) is 17.2 Å². The molecular formula is C30H31FN2O3. The summed E-state index contributed by atoms with van der Waals surface area (Å²) in [7, 11) is 0. The minimum Gasteiger partial charge on any atom is -0.490 e. The Bertz CT molecular complexity index is 1300. The molecule has 6 heteroatoms. The molecule has 0 spiro atoms. The van der Waals surface area contributed by atoms with E-state index in [2.05, 4.69) is 10.6 Å². The van der Waals surface area contributed by atoms with Crippen LogP contribution in [0.25, 0.3) is 0 Å². The zero-order valence-corrected chi connectivity index (χ0v) is 20.8. The molecule has 2 aliphatic rings. The Morgan fingerprint density at radius 2 is 1.67 bits per heavy atom. The summed E-state index contributed by atoms with van der Waals surface area (Å²) in [5.41, 5.74) is 5.35. The summed E-state index contributed by atoms with van der Waals surface area (Å²) in [5, 5.41) is 7.16. The number of carbonyl (C=O) groups excluding carboxylic acids is 1. The fraction of sp³-hybridized carbons (Fsp3) is 0.300. The molecule has 36 heavy (non-hydrogen) atoms. The Morgan fingerprint density at radius 3 is 2.39 bits per heavy atom. The average Bonchev–Trinajstić information content (AvgIpc) is 3.02. The molecule has 3 aromatic rings. The van der Waals surface area contributed by atoms with Gasteiger partial charge in [-0.3, -0.25) is 4.79 Å². The van der Waals surface area contributed by atoms with Crippen molar-refractivity contribution in [2.24, 2.45) is 0 Å². The van der Waals surface area contributed by atoms with Crippen molar-refractivity contribution in [3.8, 4) is 11.5 Å². The summed E-state index contributed by atoms with van der Waals surface area (Å²) in [5.74, 6) is 1.12. The zero-order valence-electron chi connectivity index (χ0n) is 20.8. The number of rotatable bonds is 6. The number of anilines is 2. The standard InChI is InChI=1S/C30H31FN2O3/c1-4-35-28-17-20(11-14-27(28)36-18(2)3)30-29-25(32-23-7-5-6-8-24(23)33-30)15-21(16-26(29)34)19-9-12-22(31)13-10-19/h5-14,17-18,21,30,32-33H,4,15-16H2,1-3H3. The number of ketones is 1. The number of carbonyl (C=O) groups is 1. The van der Waals surface area contributed by atoms with Crippen molar-refractivity contribution in [1.29, 1.82) is 0 Å². The average molecular weight is 487 g/mol. The van der Waals surface area contributed by atoms with Crippen LogP contribution in [0.1, 0.15) is 56.7 Å². The third-order valence-corrected chi connectivity index (χ3v) is 6.61. The summed E-state index contributed by atoms with van der Waals surface area (Å²) < 4.78 is 25.4. The molecular weight excluding hydrogens is 455 g/mol. The Balaban J connectivity index is 1.58. The van der Waals surface area contributed by atoms with Crippen molar-refractivity contribution in [3.05, 3.63) is 94.9 Å². The number of nitrogens with one attached hydrogen (secondary N) is 2. The van der Waals surface area contributed by atoms with E-state index in [1.165, 1.54) is 12.1 Å². The number of halogens is 1. The lowest BCUT2D eigenvalue weighted by Gasteiger charge is -2.30. The predicted molar refractivity (Wildman–Crippen MR) is 140 cm³/mol. The SMILES string of the molecule is CCOc1cc(C2Nc3ccccc3NC3=C2C(=O)CC(c2ccc(F)cc2)C3)ccc1OC(C)C. The first-order chi connectivity index (χ1) is 17.4. The second-order valence-corrected chi connectivity index (χ2v) is 9.53. The van der Waals surface area contributed by atoms with Crippen LogP contribution in [0.5, 0.6) is 11.5 Å². The van der Waals surface area contributed by atoms with Gasteiger partial charge >= 0.3 is 0 Å². The highest BCUT2D eigenvalue weighted by Crippen LogP contribution is 2.45. The normalized spacial score (nSPS) is 19.1. The van der Waals surface area contributed by atoms with Gasteiger partial charge in [-0.1, -0.05) is 30.3 Å². The third kappa shape index (κ3) is 4.81. The molecule has 1 aliphatic carbocycles. The van der Waals surface area contributed by atoms with Gasteiger partial charge in [0.2, 0.25) is 0 Å². The molecule has 2 N–H and O–H groups in total. The number of ether oxygens (including phenoxy) is 2. The molecule has 5 nitrogen and oxygen atoms in total. The van der Waals surface area contributed by atoms with E-state index >= 15 is 0 Å². The van der Waals surface area contributed by atoms with Gasteiger partial charge in [-0.05, 0) is 80.6 Å². The molecule has 186 valence electrons. The highest BCUT2D eigenvalue weighted by Gasteiger charge is 2.36. The molecule has 0 radical (unpaired) electrons. The Morgan fingerprint density at radius 1 is 0.944 bits per heavy atom.